The molecule has 0 radical (unpaired) electrons. The van der Waals surface area contributed by atoms with Gasteiger partial charge in [0, 0.05) is 12.6 Å². The molecule has 3 atom stereocenters. The second-order valence-corrected chi connectivity index (χ2v) is 7.35. The highest BCUT2D eigenvalue weighted by molar-refractivity contribution is 7.89. The van der Waals surface area contributed by atoms with Gasteiger partial charge in [0.1, 0.15) is 12.3 Å². The van der Waals surface area contributed by atoms with Crippen LogP contribution in [-0.4, -0.2) is 48.9 Å². The van der Waals surface area contributed by atoms with Crippen LogP contribution in [0.1, 0.15) is 19.6 Å². The minimum absolute atomic E-state index is 0.0259. The van der Waals surface area contributed by atoms with Crippen LogP contribution in [0, 0.1) is 0 Å². The number of nitrogens with two attached hydrogens (primary N) is 1. The smallest absolute Gasteiger partial charge is 0.384 e. The molecule has 1 aliphatic rings. The zero-order valence-electron chi connectivity index (χ0n) is 12.8. The summed E-state index contributed by atoms with van der Waals surface area (Å²) in [5.41, 5.74) is 4.40. The Morgan fingerprint density at radius 2 is 2.21 bits per heavy atom. The third-order valence-electron chi connectivity index (χ3n) is 3.51. The number of anilines is 1. The molecule has 0 aromatic carbocycles. The third-order valence-corrected chi connectivity index (χ3v) is 5.06. The largest absolute Gasteiger partial charge is 0.499 e. The predicted molar refractivity (Wildman–Crippen MR) is 78.6 cm³/mol. The number of ether oxygens (including phenoxy) is 1. The van der Waals surface area contributed by atoms with Gasteiger partial charge in [0.15, 0.2) is 11.9 Å². The lowest BCUT2D eigenvalue weighted by Crippen LogP contribution is -2.60. The monoisotopic (exact) mass is 369 g/mol. The molecule has 1 aromatic rings. The van der Waals surface area contributed by atoms with E-state index in [2.05, 4.69) is 9.71 Å². The summed E-state index contributed by atoms with van der Waals surface area (Å²) in [6.45, 7) is 1.11. The average molecular weight is 369 g/mol. The molecule has 9 nitrogen and oxygen atoms in total. The fraction of sp³-hybridized carbons (Fsp3) is 0.667. The van der Waals surface area contributed by atoms with Crippen molar-refractivity contribution in [2.45, 2.75) is 37.7 Å². The first kappa shape index (κ1) is 18.7. The molecule has 2 heterocycles. The number of sulfonamides is 1. The second kappa shape index (κ2) is 6.70. The molecule has 1 fully saturated rings. The fourth-order valence-corrected chi connectivity index (χ4v) is 3.43. The first-order chi connectivity index (χ1) is 11.1. The Morgan fingerprint density at radius 3 is 2.79 bits per heavy atom. The molecule has 1 aliphatic heterocycles. The van der Waals surface area contributed by atoms with Crippen LogP contribution < -0.4 is 20.7 Å². The Hall–Kier alpha value is -1.63. The van der Waals surface area contributed by atoms with Crippen molar-refractivity contribution in [3.05, 3.63) is 22.7 Å². The SMILES string of the molecule is CCCS(=O)(=O)NCC1OC([n+]2ccc(N)[nH]c2=O)C(F)(F)C1O. The number of aromatic amines is 1. The number of hydrogen-bond acceptors (Lipinski definition) is 6. The second-order valence-electron chi connectivity index (χ2n) is 5.42. The van der Waals surface area contributed by atoms with Gasteiger partial charge in [-0.15, -0.1) is 0 Å². The summed E-state index contributed by atoms with van der Waals surface area (Å²) in [5, 5.41) is 9.76. The third kappa shape index (κ3) is 3.71. The molecule has 24 heavy (non-hydrogen) atoms. The van der Waals surface area contributed by atoms with Crippen molar-refractivity contribution in [2.75, 3.05) is 18.0 Å². The van der Waals surface area contributed by atoms with Crippen molar-refractivity contribution < 1.29 is 31.6 Å². The van der Waals surface area contributed by atoms with E-state index >= 15 is 0 Å². The normalized spacial score (nSPS) is 26.6. The molecule has 0 spiro atoms. The number of aliphatic hydroxyl groups excluding tert-OH is 1. The van der Waals surface area contributed by atoms with Gasteiger partial charge >= 0.3 is 11.6 Å². The number of hydrogen-bond donors (Lipinski definition) is 4. The number of alkyl halides is 2. The Kier molecular flexibility index (Phi) is 5.22. The van der Waals surface area contributed by atoms with Gasteiger partial charge in [-0.3, -0.25) is 0 Å². The number of aromatic nitrogens is 2. The van der Waals surface area contributed by atoms with Crippen molar-refractivity contribution in [1.29, 1.82) is 0 Å². The summed E-state index contributed by atoms with van der Waals surface area (Å²) >= 11 is 0. The Labute approximate surface area is 136 Å². The molecule has 12 heteroatoms. The molecule has 1 aromatic heterocycles. The van der Waals surface area contributed by atoms with E-state index in [1.54, 1.807) is 6.92 Å². The minimum Gasteiger partial charge on any atom is -0.384 e. The Balaban J connectivity index is 2.20. The first-order valence-corrected chi connectivity index (χ1v) is 8.82. The first-order valence-electron chi connectivity index (χ1n) is 7.17. The van der Waals surface area contributed by atoms with Gasteiger partial charge in [0.2, 0.25) is 10.0 Å². The van der Waals surface area contributed by atoms with Gasteiger partial charge < -0.3 is 15.6 Å². The lowest BCUT2D eigenvalue weighted by Gasteiger charge is -2.17. The zero-order valence-corrected chi connectivity index (χ0v) is 13.6. The van der Waals surface area contributed by atoms with E-state index in [4.69, 9.17) is 10.5 Å². The van der Waals surface area contributed by atoms with E-state index in [-0.39, 0.29) is 11.6 Å². The lowest BCUT2D eigenvalue weighted by atomic mass is 10.1. The number of halogens is 2. The maximum Gasteiger partial charge on any atom is 0.499 e. The molecule has 1 saturated heterocycles. The zero-order chi connectivity index (χ0) is 18.1. The van der Waals surface area contributed by atoms with Crippen LogP contribution in [0.5, 0.6) is 0 Å². The maximum atomic E-state index is 14.2. The summed E-state index contributed by atoms with van der Waals surface area (Å²) in [4.78, 5) is 13.9. The van der Waals surface area contributed by atoms with E-state index in [1.165, 1.54) is 6.07 Å². The van der Waals surface area contributed by atoms with Gasteiger partial charge in [0.05, 0.1) is 5.75 Å². The highest BCUT2D eigenvalue weighted by Crippen LogP contribution is 2.39. The Bertz CT molecular complexity index is 754. The summed E-state index contributed by atoms with van der Waals surface area (Å²) in [7, 11) is -3.65. The fourth-order valence-electron chi connectivity index (χ4n) is 2.33. The molecule has 3 unspecified atom stereocenters. The van der Waals surface area contributed by atoms with Gasteiger partial charge in [-0.25, -0.2) is 13.1 Å². The van der Waals surface area contributed by atoms with Gasteiger partial charge in [-0.2, -0.15) is 23.1 Å². The van der Waals surface area contributed by atoms with Crippen LogP contribution >= 0.6 is 0 Å². The number of aliphatic hydroxyl groups is 1. The van der Waals surface area contributed by atoms with Gasteiger partial charge in [0.25, 0.3) is 6.23 Å². The average Bonchev–Trinajstić information content (AvgIpc) is 2.69. The molecule has 5 N–H and O–H groups in total. The van der Waals surface area contributed by atoms with Crippen LogP contribution in [0.25, 0.3) is 0 Å². The highest BCUT2D eigenvalue weighted by Gasteiger charge is 2.62. The summed E-state index contributed by atoms with van der Waals surface area (Å²) < 4.78 is 59.3. The van der Waals surface area contributed by atoms with E-state index in [0.717, 1.165) is 6.20 Å². The summed E-state index contributed by atoms with van der Waals surface area (Å²) in [6, 6.07) is 1.19. The molecular weight excluding hydrogens is 350 g/mol. The number of rotatable bonds is 6. The number of nitrogen functional groups attached to an aromatic ring is 1. The minimum atomic E-state index is -3.80. The van der Waals surface area contributed by atoms with Crippen LogP contribution in [0.15, 0.2) is 17.1 Å². The Morgan fingerprint density at radius 1 is 1.54 bits per heavy atom. The molecule has 0 amide bonds. The summed E-state index contributed by atoms with van der Waals surface area (Å²) in [5.74, 6) is -4.00. The van der Waals surface area contributed by atoms with E-state index < -0.39 is 46.6 Å². The highest BCUT2D eigenvalue weighted by atomic mass is 32.2. The molecule has 0 saturated carbocycles. The van der Waals surface area contributed by atoms with Crippen molar-refractivity contribution in [1.82, 2.24) is 9.71 Å². The molecule has 136 valence electrons. The van der Waals surface area contributed by atoms with E-state index in [9.17, 15) is 27.1 Å². The van der Waals surface area contributed by atoms with Crippen molar-refractivity contribution >= 4 is 15.8 Å². The number of H-pyrrole nitrogens is 1. The van der Waals surface area contributed by atoms with E-state index in [1.807, 2.05) is 0 Å². The molecule has 0 aliphatic carbocycles. The van der Waals surface area contributed by atoms with Crippen molar-refractivity contribution in [3.8, 4) is 0 Å². The van der Waals surface area contributed by atoms with E-state index in [0.29, 0.717) is 11.0 Å². The molecule has 0 bridgehead atoms. The van der Waals surface area contributed by atoms with Crippen LogP contribution in [0.3, 0.4) is 0 Å². The standard InChI is InChI=1S/C12H18F2N4O5S/c1-2-5-24(21,22)16-6-7-9(19)12(13,14)10(23-7)18-4-3-8(15)17-11(18)20/h3-4,7,9-10,16,19H,2,5-6H2,1H3,(H2,15,17,20)/p+1. The van der Waals surface area contributed by atoms with Gasteiger partial charge in [-0.05, 0) is 6.42 Å². The number of nitrogens with one attached hydrogen (secondary N) is 2. The quantitative estimate of drug-likeness (QED) is 0.449. The molecular formula is C12H19F2N4O5S+. The maximum absolute atomic E-state index is 14.2. The van der Waals surface area contributed by atoms with Crippen LogP contribution in [0.2, 0.25) is 0 Å². The topological polar surface area (TPSA) is 138 Å². The van der Waals surface area contributed by atoms with Crippen molar-refractivity contribution in [2.24, 2.45) is 0 Å². The summed E-state index contributed by atoms with van der Waals surface area (Å²) in [6.07, 6.45) is -4.53. The predicted octanol–water partition coefficient (Wildman–Crippen LogP) is -1.53. The van der Waals surface area contributed by atoms with Crippen LogP contribution in [0.4, 0.5) is 14.6 Å². The number of nitrogens with zero attached hydrogens (tertiary/aromatic N) is 1. The van der Waals surface area contributed by atoms with Crippen molar-refractivity contribution in [3.63, 3.8) is 0 Å². The van der Waals surface area contributed by atoms with Gasteiger partial charge in [-0.1, -0.05) is 6.92 Å². The molecule has 2 rings (SSSR count). The van der Waals surface area contributed by atoms with Crippen LogP contribution in [-0.2, 0) is 14.8 Å². The lowest BCUT2D eigenvalue weighted by molar-refractivity contribution is -0.789.